The van der Waals surface area contributed by atoms with Crippen molar-refractivity contribution in [3.8, 4) is 0 Å². The largest absolute Gasteiger partial charge is 0.748 e. The molecule has 4 aromatic rings. The molecule has 0 bridgehead atoms. The van der Waals surface area contributed by atoms with Crippen molar-refractivity contribution in [2.24, 2.45) is 0 Å². The number of benzene rings is 2. The van der Waals surface area contributed by atoms with Crippen LogP contribution in [-0.2, 0) is 17.1 Å². The van der Waals surface area contributed by atoms with Gasteiger partial charge in [0.15, 0.2) is 0 Å². The molecule has 1 nitrogen and oxygen atoms in total. The van der Waals surface area contributed by atoms with Crippen LogP contribution in [0.4, 0.5) is 5.69 Å². The first-order valence-corrected chi connectivity index (χ1v) is 9.28. The molecule has 0 unspecified atom stereocenters. The number of anilines is 1. The minimum Gasteiger partial charge on any atom is -0.748 e. The predicted molar refractivity (Wildman–Crippen MR) is 107 cm³/mol. The van der Waals surface area contributed by atoms with Crippen LogP contribution in [0.3, 0.4) is 0 Å². The number of nitrogen functional groups attached to an aromatic ring is 1. The van der Waals surface area contributed by atoms with Gasteiger partial charge in [0.05, 0.1) is 0 Å². The zero-order valence-electron chi connectivity index (χ0n) is 13.8. The van der Waals surface area contributed by atoms with E-state index in [2.05, 4.69) is 66.7 Å². The second-order valence-electron chi connectivity index (χ2n) is 5.34. The van der Waals surface area contributed by atoms with Gasteiger partial charge in [0, 0.05) is 17.1 Å². The van der Waals surface area contributed by atoms with Crippen LogP contribution >= 0.6 is 7.92 Å². The summed E-state index contributed by atoms with van der Waals surface area (Å²) < 4.78 is 0. The fourth-order valence-electron chi connectivity index (χ4n) is 2.53. The molecule has 0 saturated carbocycles. The van der Waals surface area contributed by atoms with Gasteiger partial charge in [-0.3, -0.25) is 0 Å². The van der Waals surface area contributed by atoms with Crippen molar-refractivity contribution in [3.05, 3.63) is 109 Å². The Morgan fingerprint density at radius 1 is 0.640 bits per heavy atom. The summed E-state index contributed by atoms with van der Waals surface area (Å²) in [6.07, 6.45) is 0. The molecule has 4 aromatic carbocycles. The average molecular weight is 385 g/mol. The Bertz CT molecular complexity index is 766. The minimum atomic E-state index is -0.555. The van der Waals surface area contributed by atoms with E-state index in [4.69, 9.17) is 5.73 Å². The van der Waals surface area contributed by atoms with E-state index in [0.29, 0.717) is 0 Å². The Balaban J connectivity index is 0.000000325. The Labute approximate surface area is 161 Å². The molecular formula is C22H20FeNP-6. The normalized spacial score (nSPS) is 9.80. The first-order chi connectivity index (χ1) is 11.9. The maximum atomic E-state index is 6.13. The molecule has 0 saturated heterocycles. The summed E-state index contributed by atoms with van der Waals surface area (Å²) in [7, 11) is -0.555. The van der Waals surface area contributed by atoms with E-state index in [1.54, 1.807) is 0 Å². The summed E-state index contributed by atoms with van der Waals surface area (Å²) in [4.78, 5) is 0. The topological polar surface area (TPSA) is 26.0 Å². The van der Waals surface area contributed by atoms with E-state index < -0.39 is 7.92 Å². The Morgan fingerprint density at radius 3 is 1.44 bits per heavy atom. The first-order valence-electron chi connectivity index (χ1n) is 7.94. The van der Waals surface area contributed by atoms with Crippen LogP contribution in [0.2, 0.25) is 0 Å². The monoisotopic (exact) mass is 385 g/mol. The van der Waals surface area contributed by atoms with Crippen molar-refractivity contribution >= 4 is 29.5 Å². The average Bonchev–Trinajstić information content (AvgIpc) is 3.33. The third kappa shape index (κ3) is 5.18. The fourth-order valence-corrected chi connectivity index (χ4v) is 4.89. The molecule has 0 aliphatic heterocycles. The predicted octanol–water partition coefficient (Wildman–Crippen LogP) is 4.15. The first kappa shape index (κ1) is 19.2. The maximum Gasteiger partial charge on any atom is 0 e. The Kier molecular flexibility index (Phi) is 7.70. The number of hydrogen-bond acceptors (Lipinski definition) is 1. The summed E-state index contributed by atoms with van der Waals surface area (Å²) in [5.74, 6) is 0. The van der Waals surface area contributed by atoms with Gasteiger partial charge in [-0.25, -0.2) is 12.1 Å². The number of nitrogens with two attached hydrogens (primary N) is 1. The third-order valence-electron chi connectivity index (χ3n) is 3.65. The van der Waals surface area contributed by atoms with E-state index in [-0.39, 0.29) is 17.1 Å². The molecule has 132 valence electrons. The van der Waals surface area contributed by atoms with Crippen LogP contribution in [0.15, 0.2) is 109 Å². The standard InChI is InChI=1S/C17H15NP.C5H5.Fe/c18-16-12-7-13-17(16)19(14-8-3-1-4-9-14)15-10-5-2-6-11-15;1-2-4-5-3-1;/h1-13H,18H2;1-5H;/q-1;-5;. The van der Waals surface area contributed by atoms with Gasteiger partial charge in [0.1, 0.15) is 0 Å². The molecule has 4 rings (SSSR count). The molecule has 0 fully saturated rings. The Hall–Kier alpha value is -2.11. The molecule has 0 aliphatic rings. The van der Waals surface area contributed by atoms with Crippen molar-refractivity contribution in [1.29, 1.82) is 0 Å². The van der Waals surface area contributed by atoms with Gasteiger partial charge in [-0.2, -0.15) is 6.07 Å². The van der Waals surface area contributed by atoms with Gasteiger partial charge in [-0.15, -0.1) is 5.30 Å². The number of rotatable bonds is 3. The molecule has 0 heterocycles. The summed E-state index contributed by atoms with van der Waals surface area (Å²) in [6, 6.07) is 37.4. The summed E-state index contributed by atoms with van der Waals surface area (Å²) in [6.45, 7) is 0. The molecule has 0 spiro atoms. The molecule has 0 atom stereocenters. The smallest absolute Gasteiger partial charge is 0 e. The van der Waals surface area contributed by atoms with Crippen molar-refractivity contribution in [2.45, 2.75) is 0 Å². The fraction of sp³-hybridized carbons (Fsp3) is 0. The van der Waals surface area contributed by atoms with E-state index in [1.807, 2.05) is 42.5 Å². The van der Waals surface area contributed by atoms with E-state index in [0.717, 1.165) is 5.69 Å². The molecule has 0 aliphatic carbocycles. The molecule has 0 aromatic heterocycles. The Morgan fingerprint density at radius 2 is 1.08 bits per heavy atom. The summed E-state index contributed by atoms with van der Waals surface area (Å²) in [5.41, 5.74) is 7.02. The van der Waals surface area contributed by atoms with Gasteiger partial charge in [-0.1, -0.05) is 66.4 Å². The molecule has 2 N–H and O–H groups in total. The van der Waals surface area contributed by atoms with Crippen molar-refractivity contribution in [1.82, 2.24) is 0 Å². The van der Waals surface area contributed by atoms with Crippen LogP contribution < -0.4 is 21.6 Å². The molecule has 3 heteroatoms. The second kappa shape index (κ2) is 10.0. The number of hydrogen-bond donors (Lipinski definition) is 1. The minimum absolute atomic E-state index is 0. The molecule has 0 radical (unpaired) electrons. The quantitative estimate of drug-likeness (QED) is 0.320. The van der Waals surface area contributed by atoms with Crippen molar-refractivity contribution in [2.75, 3.05) is 5.73 Å². The van der Waals surface area contributed by atoms with Gasteiger partial charge in [0.25, 0.3) is 0 Å². The van der Waals surface area contributed by atoms with E-state index in [1.165, 1.54) is 15.9 Å². The third-order valence-corrected chi connectivity index (χ3v) is 6.17. The second-order valence-corrected chi connectivity index (χ2v) is 7.52. The van der Waals surface area contributed by atoms with Gasteiger partial charge >= 0.3 is 0 Å². The van der Waals surface area contributed by atoms with Gasteiger partial charge in [-0.05, 0) is 18.5 Å². The summed E-state index contributed by atoms with van der Waals surface area (Å²) >= 11 is 0. The molecule has 25 heavy (non-hydrogen) atoms. The van der Waals surface area contributed by atoms with Crippen molar-refractivity contribution < 1.29 is 17.1 Å². The molecular weight excluding hydrogens is 365 g/mol. The van der Waals surface area contributed by atoms with Crippen LogP contribution in [0.25, 0.3) is 0 Å². The van der Waals surface area contributed by atoms with Crippen LogP contribution in [0.5, 0.6) is 0 Å². The molecule has 0 amide bonds. The van der Waals surface area contributed by atoms with E-state index in [9.17, 15) is 0 Å². The van der Waals surface area contributed by atoms with Crippen molar-refractivity contribution in [3.63, 3.8) is 0 Å². The van der Waals surface area contributed by atoms with Crippen LogP contribution in [0, 0.1) is 0 Å². The van der Waals surface area contributed by atoms with Gasteiger partial charge < -0.3 is 36.1 Å². The zero-order chi connectivity index (χ0) is 16.6. The SMILES string of the molecule is N[c-]1cccc1P(c1ccccc1)c1ccccc1.[Fe].[cH-]1[cH-][cH-][cH-][cH-]1. The summed E-state index contributed by atoms with van der Waals surface area (Å²) in [5, 5.41) is 3.91. The van der Waals surface area contributed by atoms with E-state index >= 15 is 0 Å². The maximum absolute atomic E-state index is 6.13. The van der Waals surface area contributed by atoms with Crippen LogP contribution in [-0.4, -0.2) is 0 Å². The zero-order valence-corrected chi connectivity index (χ0v) is 15.8. The van der Waals surface area contributed by atoms with Crippen LogP contribution in [0.1, 0.15) is 0 Å². The van der Waals surface area contributed by atoms with Gasteiger partial charge in [0.2, 0.25) is 0 Å².